The van der Waals surface area contributed by atoms with Crippen LogP contribution in [0, 0.1) is 0 Å². The molecular weight excluding hydrogens is 473 g/mol. The standard InChI is InChI=1S/C26H23Cl2N3O3/c1-3-30(24(32)16-34-21-14-10-19(28)11-15-21)17(2)25-29-23-7-5-4-6-22(23)26(33)31(25)20-12-8-18(27)9-13-20/h4-15,17H,3,16H2,1-2H3. The van der Waals surface area contributed by atoms with Crippen molar-refractivity contribution in [2.24, 2.45) is 0 Å². The number of fused-ring (bicyclic) bond motifs is 1. The van der Waals surface area contributed by atoms with Crippen molar-refractivity contribution in [3.63, 3.8) is 0 Å². The quantitative estimate of drug-likeness (QED) is 0.330. The maximum absolute atomic E-state index is 13.5. The van der Waals surface area contributed by atoms with E-state index in [1.54, 1.807) is 76.2 Å². The molecule has 1 aromatic heterocycles. The number of nitrogens with zero attached hydrogens (tertiary/aromatic N) is 3. The number of amides is 1. The minimum atomic E-state index is -0.501. The molecule has 1 amide bonds. The number of hydrogen-bond acceptors (Lipinski definition) is 4. The van der Waals surface area contributed by atoms with Crippen LogP contribution in [0.1, 0.15) is 25.7 Å². The van der Waals surface area contributed by atoms with E-state index in [9.17, 15) is 9.59 Å². The highest BCUT2D eigenvalue weighted by atomic mass is 35.5. The number of carbonyl (C=O) groups is 1. The van der Waals surface area contributed by atoms with Gasteiger partial charge in [0, 0.05) is 16.6 Å². The van der Waals surface area contributed by atoms with E-state index in [4.69, 9.17) is 32.9 Å². The molecule has 0 bridgehead atoms. The molecule has 4 rings (SSSR count). The lowest BCUT2D eigenvalue weighted by molar-refractivity contribution is -0.135. The third-order valence-electron chi connectivity index (χ3n) is 5.56. The fourth-order valence-corrected chi connectivity index (χ4v) is 4.09. The molecule has 0 saturated carbocycles. The van der Waals surface area contributed by atoms with Gasteiger partial charge in [0.05, 0.1) is 22.6 Å². The highest BCUT2D eigenvalue weighted by molar-refractivity contribution is 6.30. The van der Waals surface area contributed by atoms with Crippen molar-refractivity contribution < 1.29 is 9.53 Å². The summed E-state index contributed by atoms with van der Waals surface area (Å²) in [5.74, 6) is 0.770. The first-order chi connectivity index (χ1) is 16.4. The van der Waals surface area contributed by atoms with Gasteiger partial charge in [-0.1, -0.05) is 35.3 Å². The molecule has 8 heteroatoms. The fourth-order valence-electron chi connectivity index (χ4n) is 3.83. The lowest BCUT2D eigenvalue weighted by Crippen LogP contribution is -2.39. The minimum Gasteiger partial charge on any atom is -0.484 e. The van der Waals surface area contributed by atoms with Crippen molar-refractivity contribution in [1.29, 1.82) is 0 Å². The lowest BCUT2D eigenvalue weighted by Gasteiger charge is -2.29. The predicted octanol–water partition coefficient (Wildman–Crippen LogP) is 5.68. The number of halogens is 2. The smallest absolute Gasteiger partial charge is 0.266 e. The summed E-state index contributed by atoms with van der Waals surface area (Å²) in [5, 5.41) is 1.64. The third kappa shape index (κ3) is 4.93. The van der Waals surface area contributed by atoms with Crippen molar-refractivity contribution in [2.45, 2.75) is 19.9 Å². The molecule has 0 aliphatic rings. The fraction of sp³-hybridized carbons (Fsp3) is 0.192. The van der Waals surface area contributed by atoms with Gasteiger partial charge in [-0.3, -0.25) is 14.2 Å². The molecule has 3 aromatic carbocycles. The third-order valence-corrected chi connectivity index (χ3v) is 6.07. The normalized spacial score (nSPS) is 11.9. The summed E-state index contributed by atoms with van der Waals surface area (Å²) >= 11 is 12.0. The Morgan fingerprint density at radius 1 is 1.00 bits per heavy atom. The molecule has 0 radical (unpaired) electrons. The molecule has 0 N–H and O–H groups in total. The monoisotopic (exact) mass is 495 g/mol. The van der Waals surface area contributed by atoms with Gasteiger partial charge in [-0.05, 0) is 74.5 Å². The average molecular weight is 496 g/mol. The largest absolute Gasteiger partial charge is 0.484 e. The molecule has 34 heavy (non-hydrogen) atoms. The van der Waals surface area contributed by atoms with E-state index in [1.807, 2.05) is 19.9 Å². The van der Waals surface area contributed by atoms with Crippen LogP contribution in [0.2, 0.25) is 10.0 Å². The first kappa shape index (κ1) is 23.8. The summed E-state index contributed by atoms with van der Waals surface area (Å²) in [4.78, 5) is 33.1. The lowest BCUT2D eigenvalue weighted by atomic mass is 10.2. The van der Waals surface area contributed by atoms with Gasteiger partial charge in [-0.2, -0.15) is 0 Å². The molecule has 1 atom stereocenters. The number of para-hydroxylation sites is 1. The molecule has 6 nitrogen and oxygen atoms in total. The van der Waals surface area contributed by atoms with Crippen LogP contribution in [0.25, 0.3) is 16.6 Å². The Bertz CT molecular complexity index is 1370. The van der Waals surface area contributed by atoms with Gasteiger partial charge >= 0.3 is 0 Å². The molecule has 1 heterocycles. The number of carbonyl (C=O) groups excluding carboxylic acids is 1. The highest BCUT2D eigenvalue weighted by Gasteiger charge is 2.26. The van der Waals surface area contributed by atoms with Crippen LogP contribution in [-0.2, 0) is 4.79 Å². The minimum absolute atomic E-state index is 0.154. The average Bonchev–Trinajstić information content (AvgIpc) is 2.85. The van der Waals surface area contributed by atoms with Gasteiger partial charge in [-0.15, -0.1) is 0 Å². The number of aromatic nitrogens is 2. The topological polar surface area (TPSA) is 64.4 Å². The van der Waals surface area contributed by atoms with E-state index < -0.39 is 6.04 Å². The van der Waals surface area contributed by atoms with Gasteiger partial charge in [0.1, 0.15) is 11.6 Å². The molecule has 0 saturated heterocycles. The van der Waals surface area contributed by atoms with Crippen molar-refractivity contribution in [3.05, 3.63) is 99.0 Å². The second-order valence-electron chi connectivity index (χ2n) is 7.70. The summed E-state index contributed by atoms with van der Waals surface area (Å²) in [6.45, 7) is 3.99. The second-order valence-corrected chi connectivity index (χ2v) is 8.58. The van der Waals surface area contributed by atoms with E-state index in [1.165, 1.54) is 0 Å². The van der Waals surface area contributed by atoms with E-state index in [-0.39, 0.29) is 18.1 Å². The van der Waals surface area contributed by atoms with Gasteiger partial charge in [0.15, 0.2) is 6.61 Å². The SMILES string of the molecule is CCN(C(=O)COc1ccc(Cl)cc1)C(C)c1nc2ccccc2c(=O)n1-c1ccc(Cl)cc1. The van der Waals surface area contributed by atoms with Crippen molar-refractivity contribution in [3.8, 4) is 11.4 Å². The molecule has 0 fully saturated rings. The Morgan fingerprint density at radius 3 is 2.26 bits per heavy atom. The number of rotatable bonds is 7. The van der Waals surface area contributed by atoms with Crippen molar-refractivity contribution in [1.82, 2.24) is 14.5 Å². The van der Waals surface area contributed by atoms with Gasteiger partial charge in [-0.25, -0.2) is 4.98 Å². The summed E-state index contributed by atoms with van der Waals surface area (Å²) < 4.78 is 7.20. The van der Waals surface area contributed by atoms with Crippen LogP contribution in [0.15, 0.2) is 77.6 Å². The number of likely N-dealkylation sites (N-methyl/N-ethyl adjacent to an activating group) is 1. The molecule has 0 aliphatic heterocycles. The zero-order valence-electron chi connectivity index (χ0n) is 18.7. The van der Waals surface area contributed by atoms with Crippen LogP contribution in [-0.4, -0.2) is 33.5 Å². The van der Waals surface area contributed by atoms with Crippen LogP contribution < -0.4 is 10.3 Å². The Kier molecular flexibility index (Phi) is 7.20. The Balaban J connectivity index is 1.72. The van der Waals surface area contributed by atoms with Crippen molar-refractivity contribution >= 4 is 40.0 Å². The zero-order chi connectivity index (χ0) is 24.2. The molecule has 0 spiro atoms. The van der Waals surface area contributed by atoms with Crippen LogP contribution in [0.4, 0.5) is 0 Å². The first-order valence-corrected chi connectivity index (χ1v) is 11.6. The van der Waals surface area contributed by atoms with Gasteiger partial charge < -0.3 is 9.64 Å². The maximum atomic E-state index is 13.5. The summed E-state index contributed by atoms with van der Waals surface area (Å²) in [6.07, 6.45) is 0. The van der Waals surface area contributed by atoms with Crippen LogP contribution in [0.5, 0.6) is 5.75 Å². The van der Waals surface area contributed by atoms with Gasteiger partial charge in [0.2, 0.25) is 0 Å². The molecule has 4 aromatic rings. The Labute approximate surface area is 207 Å². The van der Waals surface area contributed by atoms with E-state index in [0.29, 0.717) is 44.8 Å². The first-order valence-electron chi connectivity index (χ1n) is 10.8. The predicted molar refractivity (Wildman–Crippen MR) is 135 cm³/mol. The molecule has 174 valence electrons. The summed E-state index contributed by atoms with van der Waals surface area (Å²) in [5.41, 5.74) is 0.978. The molecular formula is C26H23Cl2N3O3. The molecule has 1 unspecified atom stereocenters. The number of hydrogen-bond donors (Lipinski definition) is 0. The van der Waals surface area contributed by atoms with E-state index in [0.717, 1.165) is 0 Å². The maximum Gasteiger partial charge on any atom is 0.266 e. The Morgan fingerprint density at radius 2 is 1.62 bits per heavy atom. The van der Waals surface area contributed by atoms with Crippen LogP contribution >= 0.6 is 23.2 Å². The Hall–Kier alpha value is -3.35. The summed E-state index contributed by atoms with van der Waals surface area (Å²) in [6, 6.07) is 20.4. The molecule has 0 aliphatic carbocycles. The zero-order valence-corrected chi connectivity index (χ0v) is 20.3. The van der Waals surface area contributed by atoms with Crippen molar-refractivity contribution in [2.75, 3.05) is 13.2 Å². The highest BCUT2D eigenvalue weighted by Crippen LogP contribution is 2.24. The van der Waals surface area contributed by atoms with Gasteiger partial charge in [0.25, 0.3) is 11.5 Å². The summed E-state index contributed by atoms with van der Waals surface area (Å²) in [7, 11) is 0. The number of ether oxygens (including phenoxy) is 1. The second kappa shape index (κ2) is 10.3. The van der Waals surface area contributed by atoms with E-state index >= 15 is 0 Å². The van der Waals surface area contributed by atoms with E-state index in [2.05, 4.69) is 0 Å². The van der Waals surface area contributed by atoms with Crippen LogP contribution in [0.3, 0.4) is 0 Å². The number of benzene rings is 3.